The molecule has 5 heteroatoms. The Morgan fingerprint density at radius 3 is 2.52 bits per heavy atom. The third-order valence-corrected chi connectivity index (χ3v) is 4.57. The van der Waals surface area contributed by atoms with Crippen molar-refractivity contribution in [3.05, 3.63) is 57.1 Å². The molecule has 0 spiro atoms. The van der Waals surface area contributed by atoms with Gasteiger partial charge in [-0.1, -0.05) is 29.3 Å². The Morgan fingerprint density at radius 1 is 1.17 bits per heavy atom. The average molecular weight is 350 g/mol. The normalized spacial score (nSPS) is 13.7. The van der Waals surface area contributed by atoms with E-state index < -0.39 is 0 Å². The lowest BCUT2D eigenvalue weighted by Crippen LogP contribution is -2.36. The Balaban J connectivity index is 2.09. The zero-order valence-corrected chi connectivity index (χ0v) is 14.5. The summed E-state index contributed by atoms with van der Waals surface area (Å²) in [5.74, 6) is 0.603. The van der Waals surface area contributed by atoms with Crippen LogP contribution in [0.25, 0.3) is 0 Å². The maximum absolute atomic E-state index is 13.0. The van der Waals surface area contributed by atoms with Crippen LogP contribution in [0, 0.1) is 6.92 Å². The zero-order chi connectivity index (χ0) is 16.6. The summed E-state index contributed by atoms with van der Waals surface area (Å²) in [5, 5.41) is 0.906. The molecule has 2 aromatic rings. The topological polar surface area (TPSA) is 29.5 Å². The van der Waals surface area contributed by atoms with Gasteiger partial charge in [-0.15, -0.1) is 0 Å². The van der Waals surface area contributed by atoms with E-state index in [1.807, 2.05) is 12.1 Å². The molecule has 0 fully saturated rings. The SMILES string of the molecule is COc1ccc(C)c2c1N(C(=O)c1cc(Cl)cc(Cl)c1)CCC2. The van der Waals surface area contributed by atoms with Crippen LogP contribution >= 0.6 is 23.2 Å². The molecular formula is C18H17Cl2NO2. The van der Waals surface area contributed by atoms with Gasteiger partial charge in [-0.05, 0) is 55.2 Å². The number of carbonyl (C=O) groups excluding carboxylic acids is 1. The molecule has 3 nitrogen and oxygen atoms in total. The van der Waals surface area contributed by atoms with Gasteiger partial charge in [0.25, 0.3) is 5.91 Å². The fraction of sp³-hybridized carbons (Fsp3) is 0.278. The molecule has 0 unspecified atom stereocenters. The Morgan fingerprint density at radius 2 is 1.87 bits per heavy atom. The number of halogens is 2. The maximum atomic E-state index is 13.0. The molecule has 1 amide bonds. The zero-order valence-electron chi connectivity index (χ0n) is 13.0. The van der Waals surface area contributed by atoms with Gasteiger partial charge < -0.3 is 9.64 Å². The van der Waals surface area contributed by atoms with Gasteiger partial charge >= 0.3 is 0 Å². The van der Waals surface area contributed by atoms with Crippen molar-refractivity contribution < 1.29 is 9.53 Å². The second-order valence-corrected chi connectivity index (χ2v) is 6.50. The molecule has 0 aliphatic carbocycles. The molecular weight excluding hydrogens is 333 g/mol. The summed E-state index contributed by atoms with van der Waals surface area (Å²) in [6, 6.07) is 8.85. The summed E-state index contributed by atoms with van der Waals surface area (Å²) in [6.45, 7) is 2.71. The highest BCUT2D eigenvalue weighted by Gasteiger charge is 2.28. The minimum atomic E-state index is -0.112. The fourth-order valence-electron chi connectivity index (χ4n) is 3.05. The summed E-state index contributed by atoms with van der Waals surface area (Å²) < 4.78 is 5.49. The lowest BCUT2D eigenvalue weighted by Gasteiger charge is -2.32. The van der Waals surface area contributed by atoms with Gasteiger partial charge in [0.15, 0.2) is 0 Å². The van der Waals surface area contributed by atoms with Crippen molar-refractivity contribution in [2.24, 2.45) is 0 Å². The standard InChI is InChI=1S/C18H17Cl2NO2/c1-11-5-6-16(23-2)17-15(11)4-3-7-21(17)18(22)12-8-13(19)10-14(20)9-12/h5-6,8-10H,3-4,7H2,1-2H3. The van der Waals surface area contributed by atoms with Crippen molar-refractivity contribution in [2.75, 3.05) is 18.6 Å². The van der Waals surface area contributed by atoms with Crippen molar-refractivity contribution in [3.63, 3.8) is 0 Å². The number of hydrogen-bond acceptors (Lipinski definition) is 2. The maximum Gasteiger partial charge on any atom is 0.258 e. The van der Waals surface area contributed by atoms with Gasteiger partial charge in [0, 0.05) is 22.2 Å². The molecule has 0 radical (unpaired) electrons. The van der Waals surface area contributed by atoms with Crippen LogP contribution in [0.5, 0.6) is 5.75 Å². The van der Waals surface area contributed by atoms with Crippen molar-refractivity contribution in [1.82, 2.24) is 0 Å². The fourth-order valence-corrected chi connectivity index (χ4v) is 3.58. The van der Waals surface area contributed by atoms with E-state index in [9.17, 15) is 4.79 Å². The monoisotopic (exact) mass is 349 g/mol. The molecule has 120 valence electrons. The first kappa shape index (κ1) is 16.2. The molecule has 1 heterocycles. The van der Waals surface area contributed by atoms with Crippen LogP contribution in [-0.4, -0.2) is 19.6 Å². The van der Waals surface area contributed by atoms with Crippen LogP contribution < -0.4 is 9.64 Å². The molecule has 3 rings (SSSR count). The number of amides is 1. The molecule has 23 heavy (non-hydrogen) atoms. The van der Waals surface area contributed by atoms with E-state index in [4.69, 9.17) is 27.9 Å². The van der Waals surface area contributed by atoms with E-state index in [1.165, 1.54) is 5.56 Å². The number of nitrogens with zero attached hydrogens (tertiary/aromatic N) is 1. The minimum Gasteiger partial charge on any atom is -0.495 e. The minimum absolute atomic E-state index is 0.112. The van der Waals surface area contributed by atoms with Gasteiger partial charge in [0.05, 0.1) is 12.8 Å². The molecule has 1 aliphatic rings. The number of fused-ring (bicyclic) bond motifs is 1. The van der Waals surface area contributed by atoms with E-state index in [2.05, 4.69) is 6.92 Å². The van der Waals surface area contributed by atoms with E-state index in [1.54, 1.807) is 30.2 Å². The number of benzene rings is 2. The molecule has 0 atom stereocenters. The van der Waals surface area contributed by atoms with Crippen molar-refractivity contribution >= 4 is 34.8 Å². The molecule has 2 aromatic carbocycles. The van der Waals surface area contributed by atoms with Gasteiger partial charge in [0.2, 0.25) is 0 Å². The highest BCUT2D eigenvalue weighted by Crippen LogP contribution is 2.39. The molecule has 0 aromatic heterocycles. The van der Waals surface area contributed by atoms with Crippen LogP contribution in [-0.2, 0) is 6.42 Å². The van der Waals surface area contributed by atoms with Crippen LogP contribution in [0.1, 0.15) is 27.9 Å². The van der Waals surface area contributed by atoms with Gasteiger partial charge in [-0.2, -0.15) is 0 Å². The quantitative estimate of drug-likeness (QED) is 0.771. The van der Waals surface area contributed by atoms with E-state index in [0.717, 1.165) is 24.1 Å². The lowest BCUT2D eigenvalue weighted by molar-refractivity contribution is 0.0984. The number of ether oxygens (including phenoxy) is 1. The number of hydrogen-bond donors (Lipinski definition) is 0. The predicted molar refractivity (Wildman–Crippen MR) is 94.2 cm³/mol. The second-order valence-electron chi connectivity index (χ2n) is 5.63. The Bertz CT molecular complexity index is 754. The molecule has 0 saturated heterocycles. The number of carbonyl (C=O) groups is 1. The van der Waals surface area contributed by atoms with Gasteiger partial charge in [0.1, 0.15) is 5.75 Å². The van der Waals surface area contributed by atoms with Gasteiger partial charge in [-0.3, -0.25) is 4.79 Å². The molecule has 1 aliphatic heterocycles. The van der Waals surface area contributed by atoms with Crippen LogP contribution in [0.2, 0.25) is 10.0 Å². The first-order chi connectivity index (χ1) is 11.0. The first-order valence-electron chi connectivity index (χ1n) is 7.45. The van der Waals surface area contributed by atoms with E-state index in [-0.39, 0.29) is 5.91 Å². The highest BCUT2D eigenvalue weighted by molar-refractivity contribution is 6.35. The summed E-state index contributed by atoms with van der Waals surface area (Å²) in [4.78, 5) is 14.8. The highest BCUT2D eigenvalue weighted by atomic mass is 35.5. The van der Waals surface area contributed by atoms with Crippen molar-refractivity contribution in [2.45, 2.75) is 19.8 Å². The second kappa shape index (κ2) is 6.42. The summed E-state index contributed by atoms with van der Waals surface area (Å²) in [7, 11) is 1.62. The van der Waals surface area contributed by atoms with Gasteiger partial charge in [-0.25, -0.2) is 0 Å². The number of anilines is 1. The van der Waals surface area contributed by atoms with E-state index in [0.29, 0.717) is 27.9 Å². The Kier molecular flexibility index (Phi) is 4.51. The first-order valence-corrected chi connectivity index (χ1v) is 8.21. The Hall–Kier alpha value is -1.71. The summed E-state index contributed by atoms with van der Waals surface area (Å²) in [5.41, 5.74) is 3.68. The van der Waals surface area contributed by atoms with Crippen molar-refractivity contribution in [1.29, 1.82) is 0 Å². The van der Waals surface area contributed by atoms with E-state index >= 15 is 0 Å². The number of methoxy groups -OCH3 is 1. The average Bonchev–Trinajstić information content (AvgIpc) is 2.53. The molecule has 0 bridgehead atoms. The third-order valence-electron chi connectivity index (χ3n) is 4.13. The van der Waals surface area contributed by atoms with Crippen LogP contribution in [0.3, 0.4) is 0 Å². The predicted octanol–water partition coefficient (Wildman–Crippen LogP) is 4.90. The largest absolute Gasteiger partial charge is 0.495 e. The number of aryl methyl sites for hydroxylation is 1. The van der Waals surface area contributed by atoms with Crippen LogP contribution in [0.15, 0.2) is 30.3 Å². The third kappa shape index (κ3) is 3.04. The summed E-state index contributed by atoms with van der Waals surface area (Å²) >= 11 is 12.1. The number of rotatable bonds is 2. The summed E-state index contributed by atoms with van der Waals surface area (Å²) in [6.07, 6.45) is 1.86. The van der Waals surface area contributed by atoms with Crippen LogP contribution in [0.4, 0.5) is 5.69 Å². The smallest absolute Gasteiger partial charge is 0.258 e. The molecule has 0 N–H and O–H groups in total. The molecule has 0 saturated carbocycles. The lowest BCUT2D eigenvalue weighted by atomic mass is 9.95. The van der Waals surface area contributed by atoms with Crippen molar-refractivity contribution in [3.8, 4) is 5.75 Å². The Labute approximate surface area is 145 Å².